The maximum atomic E-state index is 11.7. The predicted octanol–water partition coefficient (Wildman–Crippen LogP) is 3.12. The Labute approximate surface area is 113 Å². The van der Waals surface area contributed by atoms with Crippen molar-refractivity contribution in [1.82, 2.24) is 5.32 Å². The zero-order valence-corrected chi connectivity index (χ0v) is 11.9. The van der Waals surface area contributed by atoms with Gasteiger partial charge in [-0.15, -0.1) is 0 Å². The molecule has 0 spiro atoms. The average Bonchev–Trinajstić information content (AvgIpc) is 2.33. The molecular weight excluding hydrogens is 250 g/mol. The smallest absolute Gasteiger partial charge is 0.224 e. The molecule has 0 saturated carbocycles. The van der Waals surface area contributed by atoms with Crippen LogP contribution in [0, 0.1) is 6.92 Å². The third kappa shape index (κ3) is 4.22. The highest BCUT2D eigenvalue weighted by Crippen LogP contribution is 2.27. The zero-order chi connectivity index (χ0) is 13.5. The number of benzene rings is 1. The Bertz CT molecular complexity index is 419. The van der Waals surface area contributed by atoms with E-state index in [4.69, 9.17) is 16.3 Å². The van der Waals surface area contributed by atoms with Crippen LogP contribution in [-0.4, -0.2) is 19.6 Å². The van der Waals surface area contributed by atoms with Gasteiger partial charge < -0.3 is 10.1 Å². The van der Waals surface area contributed by atoms with E-state index < -0.39 is 0 Å². The largest absolute Gasteiger partial charge is 0.495 e. The fraction of sp³-hybridized carbons (Fsp3) is 0.500. The number of hydrogen-bond acceptors (Lipinski definition) is 2. The van der Waals surface area contributed by atoms with Gasteiger partial charge in [-0.1, -0.05) is 24.9 Å². The van der Waals surface area contributed by atoms with Gasteiger partial charge in [-0.25, -0.2) is 0 Å². The van der Waals surface area contributed by atoms with Gasteiger partial charge in [0.2, 0.25) is 5.91 Å². The maximum absolute atomic E-state index is 11.7. The minimum atomic E-state index is 0.0350. The van der Waals surface area contributed by atoms with Crippen LogP contribution in [-0.2, 0) is 11.2 Å². The number of hydrogen-bond donors (Lipinski definition) is 1. The van der Waals surface area contributed by atoms with Crippen LogP contribution < -0.4 is 10.1 Å². The van der Waals surface area contributed by atoms with Crippen molar-refractivity contribution in [3.05, 3.63) is 28.3 Å². The summed E-state index contributed by atoms with van der Waals surface area (Å²) in [7, 11) is 1.58. The molecule has 1 rings (SSSR count). The number of aryl methyl sites for hydroxylation is 1. The molecular formula is C14H20ClNO2. The van der Waals surface area contributed by atoms with E-state index >= 15 is 0 Å². The lowest BCUT2D eigenvalue weighted by Gasteiger charge is -2.10. The van der Waals surface area contributed by atoms with Crippen LogP contribution in [0.5, 0.6) is 5.75 Å². The van der Waals surface area contributed by atoms with Gasteiger partial charge in [-0.05, 0) is 36.6 Å². The third-order valence-corrected chi connectivity index (χ3v) is 3.11. The fourth-order valence-corrected chi connectivity index (χ4v) is 1.95. The van der Waals surface area contributed by atoms with Gasteiger partial charge in [0.05, 0.1) is 18.6 Å². The molecule has 0 unspecified atom stereocenters. The topological polar surface area (TPSA) is 38.3 Å². The third-order valence-electron chi connectivity index (χ3n) is 2.81. The van der Waals surface area contributed by atoms with Crippen molar-refractivity contribution in [2.75, 3.05) is 13.7 Å². The number of amides is 1. The molecule has 0 aliphatic carbocycles. The molecule has 1 aromatic rings. The highest BCUT2D eigenvalue weighted by atomic mass is 35.5. The molecule has 0 radical (unpaired) electrons. The first-order valence-corrected chi connectivity index (χ1v) is 6.56. The quantitative estimate of drug-likeness (QED) is 0.806. The van der Waals surface area contributed by atoms with Crippen molar-refractivity contribution in [2.45, 2.75) is 33.1 Å². The van der Waals surface area contributed by atoms with E-state index in [2.05, 4.69) is 12.2 Å². The van der Waals surface area contributed by atoms with Gasteiger partial charge in [0.1, 0.15) is 5.75 Å². The number of carbonyl (C=O) groups excluding carboxylic acids is 1. The molecule has 4 heteroatoms. The molecule has 1 amide bonds. The van der Waals surface area contributed by atoms with Crippen molar-refractivity contribution in [1.29, 1.82) is 0 Å². The lowest BCUT2D eigenvalue weighted by Crippen LogP contribution is -2.26. The minimum Gasteiger partial charge on any atom is -0.495 e. The van der Waals surface area contributed by atoms with Gasteiger partial charge in [0.25, 0.3) is 0 Å². The van der Waals surface area contributed by atoms with E-state index in [1.54, 1.807) is 13.2 Å². The van der Waals surface area contributed by atoms with Crippen LogP contribution in [0.1, 0.15) is 30.9 Å². The average molecular weight is 270 g/mol. The van der Waals surface area contributed by atoms with Crippen molar-refractivity contribution in [3.63, 3.8) is 0 Å². The minimum absolute atomic E-state index is 0.0350. The molecule has 0 atom stereocenters. The first-order valence-electron chi connectivity index (χ1n) is 6.18. The molecule has 3 nitrogen and oxygen atoms in total. The first kappa shape index (κ1) is 14.8. The Morgan fingerprint density at radius 3 is 2.78 bits per heavy atom. The van der Waals surface area contributed by atoms with E-state index in [-0.39, 0.29) is 5.91 Å². The molecule has 1 aromatic carbocycles. The van der Waals surface area contributed by atoms with Gasteiger partial charge in [0.15, 0.2) is 0 Å². The van der Waals surface area contributed by atoms with E-state index in [1.807, 2.05) is 13.0 Å². The maximum Gasteiger partial charge on any atom is 0.224 e. The van der Waals surface area contributed by atoms with Crippen LogP contribution in [0.2, 0.25) is 5.02 Å². The summed E-state index contributed by atoms with van der Waals surface area (Å²) in [6.07, 6.45) is 2.45. The van der Waals surface area contributed by atoms with Crippen LogP contribution in [0.4, 0.5) is 0 Å². The number of carbonyl (C=O) groups is 1. The van der Waals surface area contributed by atoms with Gasteiger partial charge in [-0.2, -0.15) is 0 Å². The Balaban J connectivity index is 2.67. The summed E-state index contributed by atoms with van der Waals surface area (Å²) in [5.74, 6) is 0.678. The Morgan fingerprint density at radius 2 is 2.17 bits per heavy atom. The molecule has 0 fully saturated rings. The molecule has 0 bridgehead atoms. The van der Waals surface area contributed by atoms with Gasteiger partial charge in [-0.3, -0.25) is 4.79 Å². The first-order chi connectivity index (χ1) is 8.58. The van der Waals surface area contributed by atoms with E-state index in [0.717, 1.165) is 30.5 Å². The van der Waals surface area contributed by atoms with E-state index in [9.17, 15) is 4.79 Å². The number of ether oxygens (including phenoxy) is 1. The molecule has 100 valence electrons. The molecule has 18 heavy (non-hydrogen) atoms. The number of nitrogens with one attached hydrogen (secondary N) is 1. The van der Waals surface area contributed by atoms with Crippen LogP contribution >= 0.6 is 11.6 Å². The monoisotopic (exact) mass is 269 g/mol. The zero-order valence-electron chi connectivity index (χ0n) is 11.2. The van der Waals surface area contributed by atoms with Crippen molar-refractivity contribution in [2.24, 2.45) is 0 Å². The van der Waals surface area contributed by atoms with E-state index in [0.29, 0.717) is 17.2 Å². The van der Waals surface area contributed by atoms with Gasteiger partial charge in [0, 0.05) is 6.54 Å². The summed E-state index contributed by atoms with van der Waals surface area (Å²) < 4.78 is 5.13. The number of halogens is 1. The molecule has 0 saturated heterocycles. The number of unbranched alkanes of at least 4 members (excludes halogenated alkanes) is 1. The number of methoxy groups -OCH3 is 1. The van der Waals surface area contributed by atoms with Crippen molar-refractivity contribution >= 4 is 17.5 Å². The van der Waals surface area contributed by atoms with Crippen LogP contribution in [0.15, 0.2) is 12.1 Å². The molecule has 0 aromatic heterocycles. The Kier molecular flexibility index (Phi) is 5.99. The highest BCUT2D eigenvalue weighted by molar-refractivity contribution is 6.32. The predicted molar refractivity (Wildman–Crippen MR) is 74.4 cm³/mol. The summed E-state index contributed by atoms with van der Waals surface area (Å²) in [5, 5.41) is 3.44. The fourth-order valence-electron chi connectivity index (χ4n) is 1.68. The van der Waals surface area contributed by atoms with Crippen molar-refractivity contribution < 1.29 is 9.53 Å². The SMILES string of the molecule is CCCCNC(=O)Cc1cc(Cl)c(OC)cc1C. The highest BCUT2D eigenvalue weighted by Gasteiger charge is 2.09. The lowest BCUT2D eigenvalue weighted by atomic mass is 10.0. The van der Waals surface area contributed by atoms with Crippen LogP contribution in [0.3, 0.4) is 0 Å². The second kappa shape index (κ2) is 7.27. The number of rotatable bonds is 6. The summed E-state index contributed by atoms with van der Waals surface area (Å²) in [4.78, 5) is 11.7. The second-order valence-corrected chi connectivity index (χ2v) is 4.70. The van der Waals surface area contributed by atoms with Crippen LogP contribution in [0.25, 0.3) is 0 Å². The lowest BCUT2D eigenvalue weighted by molar-refractivity contribution is -0.120. The van der Waals surface area contributed by atoms with Crippen molar-refractivity contribution in [3.8, 4) is 5.75 Å². The Morgan fingerprint density at radius 1 is 1.44 bits per heavy atom. The summed E-state index contributed by atoms with van der Waals surface area (Å²) in [5.41, 5.74) is 1.96. The summed E-state index contributed by atoms with van der Waals surface area (Å²) in [6, 6.07) is 3.66. The molecule has 1 N–H and O–H groups in total. The second-order valence-electron chi connectivity index (χ2n) is 4.29. The molecule has 0 aliphatic rings. The van der Waals surface area contributed by atoms with Gasteiger partial charge >= 0.3 is 0 Å². The molecule has 0 aliphatic heterocycles. The summed E-state index contributed by atoms with van der Waals surface area (Å²) >= 11 is 6.06. The molecule has 0 heterocycles. The standard InChI is InChI=1S/C14H20ClNO2/c1-4-5-6-16-14(17)9-11-8-12(15)13(18-3)7-10(11)2/h7-8H,4-6,9H2,1-3H3,(H,16,17). The Hall–Kier alpha value is -1.22. The van der Waals surface area contributed by atoms with E-state index in [1.165, 1.54) is 0 Å². The normalized spacial score (nSPS) is 10.2. The summed E-state index contributed by atoms with van der Waals surface area (Å²) in [6.45, 7) is 4.78.